The van der Waals surface area contributed by atoms with E-state index in [2.05, 4.69) is 0 Å². The number of alkyl halides is 6. The molecule has 0 aliphatic heterocycles. The summed E-state index contributed by atoms with van der Waals surface area (Å²) < 4.78 is 82.4. The van der Waals surface area contributed by atoms with E-state index >= 15 is 0 Å². The Morgan fingerprint density at radius 1 is 0.865 bits per heavy atom. The summed E-state index contributed by atoms with van der Waals surface area (Å²) in [5.41, 5.74) is -2.95. The molecule has 37 heavy (non-hydrogen) atoms. The summed E-state index contributed by atoms with van der Waals surface area (Å²) in [5, 5.41) is 0. The molecule has 0 unspecified atom stereocenters. The molecule has 5 nitrogen and oxygen atoms in total. The van der Waals surface area contributed by atoms with Gasteiger partial charge in [-0.25, -0.2) is 0 Å². The fourth-order valence-corrected chi connectivity index (χ4v) is 4.88. The van der Waals surface area contributed by atoms with Crippen molar-refractivity contribution >= 4 is 11.8 Å². The monoisotopic (exact) mass is 529 g/mol. The van der Waals surface area contributed by atoms with Gasteiger partial charge in [-0.3, -0.25) is 9.59 Å². The van der Waals surface area contributed by atoms with Gasteiger partial charge in [-0.15, -0.1) is 0 Å². The van der Waals surface area contributed by atoms with E-state index in [1.807, 2.05) is 29.9 Å². The Hall–Kier alpha value is -2.98. The number of amides is 2. The van der Waals surface area contributed by atoms with Gasteiger partial charge in [0.2, 0.25) is 5.91 Å². The fourth-order valence-electron chi connectivity index (χ4n) is 4.88. The Kier molecular flexibility index (Phi) is 7.62. The summed E-state index contributed by atoms with van der Waals surface area (Å²) >= 11 is 0. The first kappa shape index (κ1) is 27.1. The number of carbonyl (C=O) groups excluding carboxylic acids is 2. The minimum absolute atomic E-state index is 0.00156. The molecule has 2 aliphatic carbocycles. The van der Waals surface area contributed by atoms with Crippen LogP contribution in [0.25, 0.3) is 0 Å². The average Bonchev–Trinajstić information content (AvgIpc) is 3.60. The summed E-state index contributed by atoms with van der Waals surface area (Å²) in [6, 6.07) is 4.16. The van der Waals surface area contributed by atoms with Crippen molar-refractivity contribution in [3.63, 3.8) is 0 Å². The van der Waals surface area contributed by atoms with E-state index in [0.717, 1.165) is 37.8 Å². The quantitative estimate of drug-likeness (QED) is 0.412. The first-order valence-electron chi connectivity index (χ1n) is 12.3. The maximum absolute atomic E-state index is 13.5. The van der Waals surface area contributed by atoms with E-state index in [0.29, 0.717) is 31.5 Å². The highest BCUT2D eigenvalue weighted by atomic mass is 19.4. The maximum atomic E-state index is 13.5. The molecule has 2 saturated carbocycles. The molecule has 1 heterocycles. The third-order valence-electron chi connectivity index (χ3n) is 7.11. The highest BCUT2D eigenvalue weighted by molar-refractivity contribution is 5.97. The van der Waals surface area contributed by atoms with Crippen LogP contribution in [0.3, 0.4) is 0 Å². The van der Waals surface area contributed by atoms with Gasteiger partial charge in [0.15, 0.2) is 0 Å². The molecule has 2 aromatic rings. The van der Waals surface area contributed by atoms with Gasteiger partial charge in [0.1, 0.15) is 6.54 Å². The molecule has 4 rings (SSSR count). The van der Waals surface area contributed by atoms with Crippen molar-refractivity contribution in [3.05, 3.63) is 58.9 Å². The van der Waals surface area contributed by atoms with Gasteiger partial charge in [-0.2, -0.15) is 26.3 Å². The van der Waals surface area contributed by atoms with Crippen molar-refractivity contribution in [1.82, 2.24) is 14.4 Å². The molecule has 0 saturated heterocycles. The van der Waals surface area contributed by atoms with E-state index < -0.39 is 47.5 Å². The smallest absolute Gasteiger partial charge is 0.353 e. The Labute approximate surface area is 211 Å². The Morgan fingerprint density at radius 3 is 1.92 bits per heavy atom. The van der Waals surface area contributed by atoms with E-state index in [1.54, 1.807) is 4.90 Å². The van der Waals surface area contributed by atoms with Crippen LogP contribution < -0.4 is 0 Å². The van der Waals surface area contributed by atoms with Crippen molar-refractivity contribution in [2.24, 2.45) is 7.05 Å². The fraction of sp³-hybridized carbons (Fsp3) is 0.538. The van der Waals surface area contributed by atoms with E-state index in [1.165, 1.54) is 4.90 Å². The summed E-state index contributed by atoms with van der Waals surface area (Å²) in [5.74, 6) is -1.36. The van der Waals surface area contributed by atoms with Crippen LogP contribution in [0.1, 0.15) is 72.1 Å². The molecule has 11 heteroatoms. The largest absolute Gasteiger partial charge is 0.416 e. The zero-order valence-corrected chi connectivity index (χ0v) is 20.4. The number of aryl methyl sites for hydroxylation is 1. The molecule has 2 aliphatic rings. The van der Waals surface area contributed by atoms with Gasteiger partial charge < -0.3 is 14.4 Å². The van der Waals surface area contributed by atoms with E-state index in [4.69, 9.17) is 0 Å². The Bertz CT molecular complexity index is 1100. The number of nitrogens with zero attached hydrogens (tertiary/aromatic N) is 3. The molecule has 1 aromatic heterocycles. The summed E-state index contributed by atoms with van der Waals surface area (Å²) in [4.78, 5) is 29.9. The Balaban J connectivity index is 1.66. The molecule has 0 bridgehead atoms. The van der Waals surface area contributed by atoms with Gasteiger partial charge in [-0.05, 0) is 56.0 Å². The second-order valence-electron chi connectivity index (χ2n) is 9.88. The van der Waals surface area contributed by atoms with Crippen LogP contribution in [-0.2, 0) is 30.7 Å². The van der Waals surface area contributed by atoms with Crippen LogP contribution in [-0.4, -0.2) is 44.8 Å². The van der Waals surface area contributed by atoms with Gasteiger partial charge in [0.25, 0.3) is 5.91 Å². The third-order valence-corrected chi connectivity index (χ3v) is 7.11. The number of halogens is 6. The summed E-state index contributed by atoms with van der Waals surface area (Å²) in [6.45, 7) is -0.0938. The lowest BCUT2D eigenvalue weighted by Gasteiger charge is -2.36. The molecule has 0 N–H and O–H groups in total. The number of carbonyl (C=O) groups is 2. The minimum atomic E-state index is -5.07. The molecule has 2 amide bonds. The lowest BCUT2D eigenvalue weighted by atomic mass is 9.93. The first-order chi connectivity index (χ1) is 17.3. The zero-order chi connectivity index (χ0) is 27.0. The number of hydrogen-bond donors (Lipinski definition) is 0. The Morgan fingerprint density at radius 2 is 1.43 bits per heavy atom. The number of benzene rings is 1. The van der Waals surface area contributed by atoms with Crippen LogP contribution in [0, 0.1) is 0 Å². The SMILES string of the molecule is Cn1cccc1CN(C(=O)CN(C(=O)c1cc(C(F)(F)F)cc(C(F)(F)F)c1)C1CCCCC1)C1CC1. The van der Waals surface area contributed by atoms with Crippen LogP contribution in [0.2, 0.25) is 0 Å². The molecule has 0 atom stereocenters. The van der Waals surface area contributed by atoms with Crippen LogP contribution in [0.5, 0.6) is 0 Å². The highest BCUT2D eigenvalue weighted by Crippen LogP contribution is 2.37. The zero-order valence-electron chi connectivity index (χ0n) is 20.4. The standard InChI is InChI=1S/C26H29F6N3O2/c1-33-11-5-8-22(33)15-34(21-9-10-21)23(36)16-35(20-6-3-2-4-7-20)24(37)17-12-18(25(27,28)29)14-19(13-17)26(30,31)32/h5,8,11-14,20-21H,2-4,6-7,9-10,15-16H2,1H3. The van der Waals surface area contributed by atoms with Gasteiger partial charge in [0.05, 0.1) is 17.7 Å². The van der Waals surface area contributed by atoms with Gasteiger partial charge in [-0.1, -0.05) is 19.3 Å². The van der Waals surface area contributed by atoms with E-state index in [9.17, 15) is 35.9 Å². The lowest BCUT2D eigenvalue weighted by molar-refractivity contribution is -0.143. The molecule has 0 spiro atoms. The van der Waals surface area contributed by atoms with Crippen molar-refractivity contribution in [3.8, 4) is 0 Å². The van der Waals surface area contributed by atoms with Crippen molar-refractivity contribution in [2.45, 2.75) is 75.9 Å². The first-order valence-corrected chi connectivity index (χ1v) is 12.3. The molecular weight excluding hydrogens is 500 g/mol. The normalized spacial score (nSPS) is 17.1. The van der Waals surface area contributed by atoms with Gasteiger partial charge >= 0.3 is 12.4 Å². The van der Waals surface area contributed by atoms with Crippen molar-refractivity contribution in [2.75, 3.05) is 6.54 Å². The second-order valence-corrected chi connectivity index (χ2v) is 9.88. The maximum Gasteiger partial charge on any atom is 0.416 e. The molecule has 202 valence electrons. The second kappa shape index (κ2) is 10.4. The van der Waals surface area contributed by atoms with Crippen LogP contribution >= 0.6 is 0 Å². The predicted octanol–water partition coefficient (Wildman–Crippen LogP) is 6.03. The van der Waals surface area contributed by atoms with Crippen molar-refractivity contribution < 1.29 is 35.9 Å². The van der Waals surface area contributed by atoms with Crippen LogP contribution in [0.15, 0.2) is 36.5 Å². The molecule has 2 fully saturated rings. The molecule has 0 radical (unpaired) electrons. The topological polar surface area (TPSA) is 45.6 Å². The predicted molar refractivity (Wildman–Crippen MR) is 123 cm³/mol. The summed E-state index contributed by atoms with van der Waals surface area (Å²) in [7, 11) is 1.84. The minimum Gasteiger partial charge on any atom is -0.353 e. The highest BCUT2D eigenvalue weighted by Gasteiger charge is 2.40. The molecular formula is C26H29F6N3O2. The number of rotatable bonds is 7. The average molecular weight is 530 g/mol. The molecule has 1 aromatic carbocycles. The van der Waals surface area contributed by atoms with Crippen molar-refractivity contribution in [1.29, 1.82) is 0 Å². The number of aromatic nitrogens is 1. The lowest BCUT2D eigenvalue weighted by Crippen LogP contribution is -2.48. The summed E-state index contributed by atoms with van der Waals surface area (Å²) in [6.07, 6.45) is -3.20. The number of hydrogen-bond acceptors (Lipinski definition) is 2. The van der Waals surface area contributed by atoms with Crippen LogP contribution in [0.4, 0.5) is 26.3 Å². The van der Waals surface area contributed by atoms with Gasteiger partial charge in [0, 0.05) is 36.6 Å². The third kappa shape index (κ3) is 6.48. The van der Waals surface area contributed by atoms with E-state index in [-0.39, 0.29) is 18.0 Å².